The van der Waals surface area contributed by atoms with Gasteiger partial charge in [0.1, 0.15) is 35.4 Å². The van der Waals surface area contributed by atoms with Crippen molar-refractivity contribution in [3.63, 3.8) is 0 Å². The maximum atomic E-state index is 15.0. The summed E-state index contributed by atoms with van der Waals surface area (Å²) in [5, 5.41) is 15.1. The Balaban J connectivity index is 1.04. The minimum atomic E-state index is -1.49. The molecule has 2 saturated carbocycles. The number of epoxide rings is 1. The zero-order valence-corrected chi connectivity index (χ0v) is 33.2. The third-order valence-electron chi connectivity index (χ3n) is 12.5. The molecule has 3 aromatic carbocycles. The first kappa shape index (κ1) is 39.1. The number of fused-ring (bicyclic) bond motifs is 5. The summed E-state index contributed by atoms with van der Waals surface area (Å²) >= 11 is 0. The Labute approximate surface area is 338 Å². The second kappa shape index (κ2) is 15.3. The summed E-state index contributed by atoms with van der Waals surface area (Å²) in [6.45, 7) is 5.11. The SMILES string of the molecule is CC(C)(C)OC(=O)CCC(CO)NC(=O)C12CC3OC(=O)C1N(Cc1cccc(C=CC4CCC5OC5C4)c1)OC2C1OC(c2ccccc2)(c2ccccc2)OC31. The van der Waals surface area contributed by atoms with Crippen LogP contribution in [0.15, 0.2) is 91.0 Å². The number of hydroxylamine groups is 2. The van der Waals surface area contributed by atoms with Crippen molar-refractivity contribution in [1.82, 2.24) is 10.4 Å². The molecule has 2 bridgehead atoms. The Kier molecular flexibility index (Phi) is 10.3. The number of allylic oxidation sites excluding steroid dienone is 1. The van der Waals surface area contributed by atoms with Crippen LogP contribution in [0.4, 0.5) is 0 Å². The molecule has 4 saturated heterocycles. The first-order valence-corrected chi connectivity index (χ1v) is 20.6. The molecule has 3 aromatic rings. The van der Waals surface area contributed by atoms with Gasteiger partial charge in [0.15, 0.2) is 6.04 Å². The van der Waals surface area contributed by atoms with E-state index < -0.39 is 77.8 Å². The molecule has 2 N–H and O–H groups in total. The molecule has 0 spiro atoms. The third-order valence-corrected chi connectivity index (χ3v) is 12.5. The number of carbonyl (C=O) groups is 3. The zero-order chi connectivity index (χ0) is 40.2. The molecule has 58 heavy (non-hydrogen) atoms. The van der Waals surface area contributed by atoms with Crippen LogP contribution in [-0.4, -0.2) is 88.9 Å². The summed E-state index contributed by atoms with van der Waals surface area (Å²) in [5.41, 5.74) is 1.22. The average Bonchev–Trinajstić information content (AvgIpc) is 3.73. The molecular formula is C46H52N2O10. The molecule has 12 heteroatoms. The fourth-order valence-electron chi connectivity index (χ4n) is 9.73. The largest absolute Gasteiger partial charge is 0.460 e. The monoisotopic (exact) mass is 792 g/mol. The van der Waals surface area contributed by atoms with Gasteiger partial charge in [-0.1, -0.05) is 97.1 Å². The molecule has 4 heterocycles. The van der Waals surface area contributed by atoms with Gasteiger partial charge in [0.05, 0.1) is 31.4 Å². The van der Waals surface area contributed by atoms with Gasteiger partial charge in [0.2, 0.25) is 11.7 Å². The van der Waals surface area contributed by atoms with Gasteiger partial charge in [0, 0.05) is 24.0 Å². The van der Waals surface area contributed by atoms with Crippen LogP contribution in [-0.2, 0) is 55.2 Å². The second-order valence-electron chi connectivity index (χ2n) is 17.6. The quantitative estimate of drug-likeness (QED) is 0.181. The maximum absolute atomic E-state index is 15.0. The number of esters is 2. The number of rotatable bonds is 12. The molecule has 6 fully saturated rings. The highest BCUT2D eigenvalue weighted by Gasteiger charge is 2.76. The number of nitrogens with one attached hydrogen (secondary N) is 1. The van der Waals surface area contributed by atoms with Crippen LogP contribution in [0.25, 0.3) is 6.08 Å². The number of hydrogen-bond donors (Lipinski definition) is 2. The third kappa shape index (κ3) is 7.28. The molecule has 10 unspecified atom stereocenters. The topological polar surface area (TPSA) is 145 Å². The summed E-state index contributed by atoms with van der Waals surface area (Å²) in [5.74, 6) is -2.45. The van der Waals surface area contributed by atoms with E-state index in [1.165, 1.54) is 0 Å². The number of benzene rings is 3. The molecular weight excluding hydrogens is 741 g/mol. The number of aliphatic hydroxyl groups is 1. The number of aliphatic hydroxyl groups excluding tert-OH is 1. The maximum Gasteiger partial charge on any atom is 0.327 e. The van der Waals surface area contributed by atoms with Crippen LogP contribution >= 0.6 is 0 Å². The van der Waals surface area contributed by atoms with Crippen molar-refractivity contribution < 1.29 is 48.0 Å². The molecule has 10 atom stereocenters. The molecule has 0 aromatic heterocycles. The van der Waals surface area contributed by atoms with Crippen LogP contribution in [0.5, 0.6) is 0 Å². The van der Waals surface area contributed by atoms with Crippen LogP contribution in [0.3, 0.4) is 0 Å². The summed E-state index contributed by atoms with van der Waals surface area (Å²) in [6.07, 6.45) is 5.26. The van der Waals surface area contributed by atoms with Crippen LogP contribution in [0.2, 0.25) is 0 Å². The van der Waals surface area contributed by atoms with E-state index in [4.69, 9.17) is 28.5 Å². The van der Waals surface area contributed by atoms with Gasteiger partial charge in [-0.05, 0) is 63.5 Å². The van der Waals surface area contributed by atoms with Crippen molar-refractivity contribution in [1.29, 1.82) is 0 Å². The lowest BCUT2D eigenvalue weighted by Gasteiger charge is -2.49. The molecule has 12 nitrogen and oxygen atoms in total. The van der Waals surface area contributed by atoms with E-state index >= 15 is 4.79 Å². The lowest BCUT2D eigenvalue weighted by atomic mass is 9.62. The van der Waals surface area contributed by atoms with Crippen molar-refractivity contribution in [2.75, 3.05) is 6.61 Å². The van der Waals surface area contributed by atoms with Gasteiger partial charge in [-0.3, -0.25) is 19.2 Å². The van der Waals surface area contributed by atoms with Gasteiger partial charge in [-0.15, -0.1) is 0 Å². The fourth-order valence-corrected chi connectivity index (χ4v) is 9.73. The summed E-state index contributed by atoms with van der Waals surface area (Å²) in [7, 11) is 0. The second-order valence-corrected chi connectivity index (χ2v) is 17.6. The predicted molar refractivity (Wildman–Crippen MR) is 210 cm³/mol. The highest BCUT2D eigenvalue weighted by Crippen LogP contribution is 2.59. The fraction of sp³-hybridized carbons (Fsp3) is 0.500. The molecule has 0 radical (unpaired) electrons. The summed E-state index contributed by atoms with van der Waals surface area (Å²) in [6, 6.07) is 25.3. The van der Waals surface area contributed by atoms with Crippen LogP contribution in [0.1, 0.15) is 81.5 Å². The number of nitrogens with zero attached hydrogens (tertiary/aromatic N) is 1. The Morgan fingerprint density at radius 1 is 0.948 bits per heavy atom. The first-order valence-electron chi connectivity index (χ1n) is 20.6. The van der Waals surface area contributed by atoms with Gasteiger partial charge in [0.25, 0.3) is 0 Å². The Morgan fingerprint density at radius 3 is 2.36 bits per heavy atom. The Bertz CT molecular complexity index is 2000. The number of carbonyl (C=O) groups excluding carboxylic acids is 3. The van der Waals surface area contributed by atoms with Crippen molar-refractivity contribution in [2.45, 2.75) is 126 Å². The average molecular weight is 793 g/mol. The minimum absolute atomic E-state index is 0.0192. The lowest BCUT2D eigenvalue weighted by Crippen LogP contribution is -2.70. The van der Waals surface area contributed by atoms with Gasteiger partial charge >= 0.3 is 11.9 Å². The minimum Gasteiger partial charge on any atom is -0.460 e. The normalized spacial score (nSPS) is 32.5. The molecule has 9 rings (SSSR count). The van der Waals surface area contributed by atoms with E-state index in [1.54, 1.807) is 25.8 Å². The van der Waals surface area contributed by atoms with Gasteiger partial charge in [-0.2, -0.15) is 5.06 Å². The molecule has 6 aliphatic rings. The van der Waals surface area contributed by atoms with E-state index in [2.05, 4.69) is 23.5 Å². The highest BCUT2D eigenvalue weighted by molar-refractivity contribution is 5.94. The zero-order valence-electron chi connectivity index (χ0n) is 33.2. The highest BCUT2D eigenvalue weighted by atomic mass is 16.8. The predicted octanol–water partition coefficient (Wildman–Crippen LogP) is 5.35. The van der Waals surface area contributed by atoms with E-state index in [1.807, 2.05) is 78.9 Å². The first-order chi connectivity index (χ1) is 28.0. The van der Waals surface area contributed by atoms with Gasteiger partial charge < -0.3 is 34.1 Å². The summed E-state index contributed by atoms with van der Waals surface area (Å²) < 4.78 is 31.5. The van der Waals surface area contributed by atoms with Crippen molar-refractivity contribution in [3.05, 3.63) is 113 Å². The lowest BCUT2D eigenvalue weighted by molar-refractivity contribution is -0.213. The van der Waals surface area contributed by atoms with Gasteiger partial charge in [-0.25, -0.2) is 0 Å². The van der Waals surface area contributed by atoms with Crippen molar-refractivity contribution in [2.24, 2.45) is 11.3 Å². The Hall–Kier alpha value is -4.43. The molecule has 4 aliphatic heterocycles. The number of amides is 1. The van der Waals surface area contributed by atoms with Crippen LogP contribution in [0, 0.1) is 11.3 Å². The van der Waals surface area contributed by atoms with E-state index in [-0.39, 0.29) is 25.8 Å². The van der Waals surface area contributed by atoms with E-state index in [0.29, 0.717) is 18.1 Å². The smallest absolute Gasteiger partial charge is 0.327 e. The number of hydrogen-bond acceptors (Lipinski definition) is 11. The summed E-state index contributed by atoms with van der Waals surface area (Å²) in [4.78, 5) is 48.9. The molecule has 1 amide bonds. The Morgan fingerprint density at radius 2 is 1.67 bits per heavy atom. The van der Waals surface area contributed by atoms with Crippen molar-refractivity contribution in [3.8, 4) is 0 Å². The molecule has 306 valence electrons. The van der Waals surface area contributed by atoms with Crippen LogP contribution < -0.4 is 5.32 Å². The van der Waals surface area contributed by atoms with E-state index in [9.17, 15) is 14.7 Å². The standard InChI is InChI=1S/C46H52N2O10/c1-44(2,3)55-37(50)22-20-33(27-49)47-43(52)45-25-36-38-39(57-46(56-38,31-13-6-4-7-14-31)32-15-8-5-9-16-32)41(45)58-48(40(45)42(51)54-36)26-30-12-10-11-28(23-30)17-18-29-19-21-34-35(24-29)53-34/h4-18,23,29,33-36,38-41,49H,19-22,24-27H2,1-3H3,(H,47,52). The number of ether oxygens (including phenoxy) is 5. The van der Waals surface area contributed by atoms with E-state index in [0.717, 1.165) is 41.5 Å². The molecule has 2 aliphatic carbocycles. The van der Waals surface area contributed by atoms with Crippen molar-refractivity contribution >= 4 is 23.9 Å².